The molecule has 7 nitrogen and oxygen atoms in total. The van der Waals surface area contributed by atoms with Gasteiger partial charge in [-0.1, -0.05) is 103 Å². The van der Waals surface area contributed by atoms with Gasteiger partial charge in [0.2, 0.25) is 0 Å². The summed E-state index contributed by atoms with van der Waals surface area (Å²) in [6.45, 7) is 3.79. The number of carbonyl (C=O) groups is 2. The van der Waals surface area contributed by atoms with E-state index < -0.39 is 6.10 Å². The van der Waals surface area contributed by atoms with Crippen molar-refractivity contribution in [2.75, 3.05) is 0 Å². The highest BCUT2D eigenvalue weighted by Gasteiger charge is 2.40. The van der Waals surface area contributed by atoms with Gasteiger partial charge in [0.15, 0.2) is 0 Å². The fourth-order valence-electron chi connectivity index (χ4n) is 7.55. The molecule has 0 radical (unpaired) electrons. The van der Waals surface area contributed by atoms with Gasteiger partial charge in [-0.2, -0.15) is 0 Å². The van der Waals surface area contributed by atoms with Gasteiger partial charge in [0.25, 0.3) is 0 Å². The summed E-state index contributed by atoms with van der Waals surface area (Å²) in [4.78, 5) is 23.1. The van der Waals surface area contributed by atoms with Crippen LogP contribution in [0.1, 0.15) is 174 Å². The van der Waals surface area contributed by atoms with E-state index in [-0.39, 0.29) is 54.3 Å². The molecule has 0 aromatic heterocycles. The van der Waals surface area contributed by atoms with Crippen LogP contribution in [0.5, 0.6) is 0 Å². The number of carbonyl (C=O) groups excluding carboxylic acids is 2. The van der Waals surface area contributed by atoms with Gasteiger partial charge in [0.1, 0.15) is 11.9 Å². The Morgan fingerprint density at radius 3 is 1.64 bits per heavy atom. The van der Waals surface area contributed by atoms with Crippen molar-refractivity contribution < 1.29 is 34.0 Å². The summed E-state index contributed by atoms with van der Waals surface area (Å²) in [6, 6.07) is 0. The van der Waals surface area contributed by atoms with E-state index >= 15 is 0 Å². The number of ether oxygens (including phenoxy) is 3. The van der Waals surface area contributed by atoms with Crippen molar-refractivity contribution in [2.45, 2.75) is 217 Å². The molecule has 2 N–H and O–H groups in total. The Labute approximate surface area is 268 Å². The average Bonchev–Trinajstić information content (AvgIpc) is 3.75. The van der Waals surface area contributed by atoms with Crippen LogP contribution in [0.15, 0.2) is 0 Å². The number of cyclic esters (lactones) is 1. The molecule has 0 spiro atoms. The van der Waals surface area contributed by atoms with Crippen molar-refractivity contribution in [3.63, 3.8) is 0 Å². The quantitative estimate of drug-likeness (QED) is 0.0782. The van der Waals surface area contributed by atoms with Crippen molar-refractivity contribution in [3.8, 4) is 0 Å². The number of hydrogen-bond acceptors (Lipinski definition) is 7. The molecule has 3 fully saturated rings. The first-order valence-corrected chi connectivity index (χ1v) is 18.7. The summed E-state index contributed by atoms with van der Waals surface area (Å²) in [5.74, 6) is -0.348. The molecule has 0 amide bonds. The Kier molecular flexibility index (Phi) is 18.5. The molecule has 3 heterocycles. The van der Waals surface area contributed by atoms with Gasteiger partial charge in [-0.05, 0) is 64.7 Å². The predicted molar refractivity (Wildman–Crippen MR) is 174 cm³/mol. The van der Waals surface area contributed by atoms with E-state index in [2.05, 4.69) is 6.92 Å². The smallest absolute Gasteiger partial charge is 0.309 e. The number of hydrogen-bond donors (Lipinski definition) is 2. The lowest BCUT2D eigenvalue weighted by Crippen LogP contribution is -2.33. The van der Waals surface area contributed by atoms with E-state index in [4.69, 9.17) is 14.2 Å². The van der Waals surface area contributed by atoms with E-state index in [9.17, 15) is 19.8 Å². The van der Waals surface area contributed by atoms with Crippen LogP contribution in [-0.4, -0.2) is 64.7 Å². The molecule has 3 aliphatic rings. The number of aliphatic hydroxyl groups is 2. The van der Waals surface area contributed by atoms with E-state index in [0.717, 1.165) is 77.0 Å². The summed E-state index contributed by atoms with van der Waals surface area (Å²) in [6.07, 6.45) is 26.0. The zero-order valence-electron chi connectivity index (χ0n) is 28.2. The van der Waals surface area contributed by atoms with Gasteiger partial charge in [-0.15, -0.1) is 0 Å². The SMILES string of the molecule is CCCCCCCCCC[C@@H](O)[C@H]1CC[C@H]([C@H]2CC[C@H]([C@H](O)CCCCCCCCCC[C@@H]3CC(CC(C)=O)C(=O)O3)O2)O1. The van der Waals surface area contributed by atoms with Crippen LogP contribution < -0.4 is 0 Å². The first-order chi connectivity index (χ1) is 21.4. The molecule has 0 aromatic rings. The second-order valence-corrected chi connectivity index (χ2v) is 14.3. The fourth-order valence-corrected chi connectivity index (χ4v) is 7.55. The number of Topliss-reactive ketones (excluding diaryl/α,β-unsaturated/α-hetero) is 1. The van der Waals surface area contributed by atoms with E-state index in [1.807, 2.05) is 0 Å². The standard InChI is InChI=1S/C37H66O7/c1-3-4-5-6-7-11-14-17-20-31(39)33-22-24-35(43-33)36-25-23-34(44-36)32(40)21-18-15-12-9-8-10-13-16-19-30-27-29(26-28(2)38)37(41)42-30/h29-36,39-40H,3-27H2,1-2H3/t29?,30-,31-,32-,33-,34-,35-,36-/m1/s1. The Morgan fingerprint density at radius 2 is 1.16 bits per heavy atom. The Morgan fingerprint density at radius 1 is 0.705 bits per heavy atom. The van der Waals surface area contributed by atoms with Crippen LogP contribution in [0.2, 0.25) is 0 Å². The maximum atomic E-state index is 11.9. The normalized spacial score (nSPS) is 28.4. The molecule has 0 aromatic carbocycles. The van der Waals surface area contributed by atoms with E-state index in [1.165, 1.54) is 77.6 Å². The highest BCUT2D eigenvalue weighted by Crippen LogP contribution is 2.35. The number of rotatable bonds is 25. The Bertz CT molecular complexity index is 788. The molecule has 3 saturated heterocycles. The maximum Gasteiger partial charge on any atom is 0.309 e. The molecule has 3 aliphatic heterocycles. The number of unbranched alkanes of at least 4 members (excludes halogenated alkanes) is 14. The molecular formula is C37H66O7. The van der Waals surface area contributed by atoms with Crippen molar-refractivity contribution >= 4 is 11.8 Å². The highest BCUT2D eigenvalue weighted by atomic mass is 16.6. The molecule has 1 unspecified atom stereocenters. The Balaban J connectivity index is 1.13. The van der Waals surface area contributed by atoms with Gasteiger partial charge in [-0.3, -0.25) is 4.79 Å². The van der Waals surface area contributed by atoms with Gasteiger partial charge >= 0.3 is 5.97 Å². The third-order valence-electron chi connectivity index (χ3n) is 10.3. The van der Waals surface area contributed by atoms with Crippen LogP contribution >= 0.6 is 0 Å². The van der Waals surface area contributed by atoms with Crippen molar-refractivity contribution in [3.05, 3.63) is 0 Å². The molecule has 0 saturated carbocycles. The number of ketones is 1. The number of aliphatic hydroxyl groups excluding tert-OH is 2. The molecule has 0 bridgehead atoms. The third kappa shape index (κ3) is 14.2. The van der Waals surface area contributed by atoms with E-state index in [0.29, 0.717) is 12.8 Å². The lowest BCUT2D eigenvalue weighted by Gasteiger charge is -2.24. The minimum atomic E-state index is -0.399. The summed E-state index contributed by atoms with van der Waals surface area (Å²) in [7, 11) is 0. The predicted octanol–water partition coefficient (Wildman–Crippen LogP) is 8.15. The van der Waals surface area contributed by atoms with Crippen LogP contribution in [-0.2, 0) is 23.8 Å². The molecular weight excluding hydrogens is 556 g/mol. The topological polar surface area (TPSA) is 102 Å². The zero-order chi connectivity index (χ0) is 31.6. The monoisotopic (exact) mass is 622 g/mol. The first kappa shape index (κ1) is 37.4. The minimum Gasteiger partial charge on any atom is -0.462 e. The summed E-state index contributed by atoms with van der Waals surface area (Å²) in [5.41, 5.74) is 0. The average molecular weight is 623 g/mol. The largest absolute Gasteiger partial charge is 0.462 e. The molecule has 256 valence electrons. The zero-order valence-corrected chi connectivity index (χ0v) is 28.2. The van der Waals surface area contributed by atoms with Gasteiger partial charge < -0.3 is 29.2 Å². The maximum absolute atomic E-state index is 11.9. The fraction of sp³-hybridized carbons (Fsp3) is 0.946. The van der Waals surface area contributed by atoms with Crippen LogP contribution in [0.3, 0.4) is 0 Å². The molecule has 7 heteroatoms. The van der Waals surface area contributed by atoms with Crippen molar-refractivity contribution in [2.24, 2.45) is 5.92 Å². The Hall–Kier alpha value is -1.02. The highest BCUT2D eigenvalue weighted by molar-refractivity contribution is 5.83. The summed E-state index contributed by atoms with van der Waals surface area (Å²) in [5, 5.41) is 21.4. The van der Waals surface area contributed by atoms with Crippen molar-refractivity contribution in [1.82, 2.24) is 0 Å². The van der Waals surface area contributed by atoms with Crippen LogP contribution in [0.4, 0.5) is 0 Å². The second-order valence-electron chi connectivity index (χ2n) is 14.3. The first-order valence-electron chi connectivity index (χ1n) is 18.7. The summed E-state index contributed by atoms with van der Waals surface area (Å²) >= 11 is 0. The van der Waals surface area contributed by atoms with Gasteiger partial charge in [0.05, 0.1) is 42.5 Å². The molecule has 44 heavy (non-hydrogen) atoms. The van der Waals surface area contributed by atoms with Crippen LogP contribution in [0, 0.1) is 5.92 Å². The van der Waals surface area contributed by atoms with Crippen LogP contribution in [0.25, 0.3) is 0 Å². The van der Waals surface area contributed by atoms with E-state index in [1.54, 1.807) is 0 Å². The molecule has 3 rings (SSSR count). The summed E-state index contributed by atoms with van der Waals surface area (Å²) < 4.78 is 18.0. The third-order valence-corrected chi connectivity index (χ3v) is 10.3. The number of esters is 1. The lowest BCUT2D eigenvalue weighted by molar-refractivity contribution is -0.145. The van der Waals surface area contributed by atoms with Gasteiger partial charge in [-0.25, -0.2) is 0 Å². The second kappa shape index (κ2) is 21.7. The minimum absolute atomic E-state index is 0.00211. The molecule has 0 aliphatic carbocycles. The lowest BCUT2D eigenvalue weighted by atomic mass is 9.96. The van der Waals surface area contributed by atoms with Crippen molar-refractivity contribution in [1.29, 1.82) is 0 Å². The van der Waals surface area contributed by atoms with Gasteiger partial charge in [0, 0.05) is 6.42 Å². The molecule has 8 atom stereocenters.